The fourth-order valence-electron chi connectivity index (χ4n) is 6.36. The number of nitrogens with zero attached hydrogens (tertiary/aromatic N) is 2. The molecule has 2 saturated heterocycles. The molecular formula is C30H44N2O4. The quantitative estimate of drug-likeness (QED) is 0.281. The van der Waals surface area contributed by atoms with Crippen LogP contribution in [0.1, 0.15) is 63.9 Å². The number of carbonyl (C=O) groups excluding carboxylic acids is 1. The fraction of sp³-hybridized carbons (Fsp3) is 0.633. The number of aliphatic hydroxyl groups is 1. The van der Waals surface area contributed by atoms with Crippen LogP contribution in [0, 0.1) is 18.3 Å². The van der Waals surface area contributed by atoms with E-state index in [2.05, 4.69) is 11.5 Å². The molecule has 0 unspecified atom stereocenters. The number of piperidine rings is 1. The molecule has 198 valence electrons. The molecule has 1 saturated carbocycles. The maximum atomic E-state index is 13.2. The molecule has 0 atom stereocenters. The van der Waals surface area contributed by atoms with Crippen LogP contribution < -0.4 is 4.90 Å². The number of hydrogen-bond donors (Lipinski definition) is 1. The largest absolute Gasteiger partial charge is 0.503 e. The van der Waals surface area contributed by atoms with Crippen molar-refractivity contribution in [1.29, 1.82) is 0 Å². The molecule has 6 nitrogen and oxygen atoms in total. The number of rotatable bonds is 8. The standard InChI is InChI=1S/C30H44N2O4/c1-4-8-28(33)29(34)32(26-11-9-23(2)10-12-26)27-13-18-31(19-14-27)20-17-30(15-6-5-7-16-30)25-21-35-24(3)36-22-25/h4,8-12,24-25,27,33H,1,5-7,13-22H2,2-3H3/b28-8-. The molecule has 1 amide bonds. The van der Waals surface area contributed by atoms with Crippen molar-refractivity contribution in [2.45, 2.75) is 77.5 Å². The molecule has 0 radical (unpaired) electrons. The zero-order valence-corrected chi connectivity index (χ0v) is 22.2. The number of benzene rings is 1. The van der Waals surface area contributed by atoms with E-state index in [9.17, 15) is 9.90 Å². The molecule has 1 aromatic carbocycles. The van der Waals surface area contributed by atoms with Crippen molar-refractivity contribution in [1.82, 2.24) is 4.90 Å². The van der Waals surface area contributed by atoms with Gasteiger partial charge in [0.05, 0.1) is 13.2 Å². The Labute approximate surface area is 216 Å². The summed E-state index contributed by atoms with van der Waals surface area (Å²) in [6.45, 7) is 12.3. The predicted molar refractivity (Wildman–Crippen MR) is 144 cm³/mol. The highest BCUT2D eigenvalue weighted by Crippen LogP contribution is 2.47. The van der Waals surface area contributed by atoms with E-state index in [0.29, 0.717) is 11.3 Å². The lowest BCUT2D eigenvalue weighted by Crippen LogP contribution is -2.49. The van der Waals surface area contributed by atoms with Gasteiger partial charge in [0.25, 0.3) is 5.91 Å². The van der Waals surface area contributed by atoms with Gasteiger partial charge in [0, 0.05) is 30.7 Å². The summed E-state index contributed by atoms with van der Waals surface area (Å²) in [6.07, 6.45) is 12.2. The molecule has 0 spiro atoms. The van der Waals surface area contributed by atoms with Crippen molar-refractivity contribution in [2.75, 3.05) is 37.7 Å². The van der Waals surface area contributed by atoms with Crippen molar-refractivity contribution < 1.29 is 19.4 Å². The summed E-state index contributed by atoms with van der Waals surface area (Å²) < 4.78 is 11.8. The molecule has 4 rings (SSSR count). The lowest BCUT2D eigenvalue weighted by atomic mass is 9.64. The summed E-state index contributed by atoms with van der Waals surface area (Å²) in [5.74, 6) is -0.135. The van der Waals surface area contributed by atoms with Crippen LogP contribution in [0.2, 0.25) is 0 Å². The van der Waals surface area contributed by atoms with Gasteiger partial charge in [0.15, 0.2) is 12.0 Å². The molecule has 2 heterocycles. The molecule has 1 aliphatic carbocycles. The highest BCUT2D eigenvalue weighted by molar-refractivity contribution is 6.04. The summed E-state index contributed by atoms with van der Waals surface area (Å²) in [4.78, 5) is 17.5. The van der Waals surface area contributed by atoms with Gasteiger partial charge >= 0.3 is 0 Å². The number of aryl methyl sites for hydroxylation is 1. The molecule has 1 aromatic rings. The van der Waals surface area contributed by atoms with Crippen LogP contribution in [0.15, 0.2) is 48.8 Å². The van der Waals surface area contributed by atoms with Crippen molar-refractivity contribution >= 4 is 11.6 Å². The van der Waals surface area contributed by atoms with Crippen LogP contribution >= 0.6 is 0 Å². The van der Waals surface area contributed by atoms with E-state index in [1.807, 2.05) is 38.1 Å². The normalized spacial score (nSPS) is 25.9. The lowest BCUT2D eigenvalue weighted by molar-refractivity contribution is -0.214. The van der Waals surface area contributed by atoms with Crippen molar-refractivity contribution in [3.05, 3.63) is 54.3 Å². The average Bonchev–Trinajstić information content (AvgIpc) is 2.90. The summed E-state index contributed by atoms with van der Waals surface area (Å²) in [6, 6.07) is 8.04. The van der Waals surface area contributed by atoms with Gasteiger partial charge in [-0.2, -0.15) is 0 Å². The van der Waals surface area contributed by atoms with E-state index in [4.69, 9.17) is 9.47 Å². The predicted octanol–water partition coefficient (Wildman–Crippen LogP) is 5.77. The molecule has 0 aromatic heterocycles. The maximum absolute atomic E-state index is 13.2. The molecule has 3 aliphatic rings. The van der Waals surface area contributed by atoms with Crippen LogP contribution in [0.25, 0.3) is 0 Å². The number of hydrogen-bond acceptors (Lipinski definition) is 5. The summed E-state index contributed by atoms with van der Waals surface area (Å²) in [7, 11) is 0. The molecule has 0 bridgehead atoms. The van der Waals surface area contributed by atoms with Gasteiger partial charge in [-0.05, 0) is 76.1 Å². The third kappa shape index (κ3) is 6.39. The minimum atomic E-state index is -0.357. The Morgan fingerprint density at radius 2 is 1.78 bits per heavy atom. The van der Waals surface area contributed by atoms with Gasteiger partial charge in [0.2, 0.25) is 0 Å². The van der Waals surface area contributed by atoms with Gasteiger partial charge in [-0.25, -0.2) is 0 Å². The lowest BCUT2D eigenvalue weighted by Gasteiger charge is -2.47. The Hall–Kier alpha value is -2.15. The highest BCUT2D eigenvalue weighted by atomic mass is 16.7. The zero-order valence-electron chi connectivity index (χ0n) is 22.2. The molecular weight excluding hydrogens is 452 g/mol. The average molecular weight is 497 g/mol. The first-order valence-electron chi connectivity index (χ1n) is 13.8. The number of likely N-dealkylation sites (tertiary alicyclic amines) is 1. The number of carbonyl (C=O) groups is 1. The summed E-state index contributed by atoms with van der Waals surface area (Å²) in [5, 5.41) is 10.4. The molecule has 6 heteroatoms. The highest BCUT2D eigenvalue weighted by Gasteiger charge is 2.42. The van der Waals surface area contributed by atoms with Crippen molar-refractivity contribution in [3.8, 4) is 0 Å². The SMILES string of the molecule is C=C/C=C(\O)C(=O)N(c1ccc(C)cc1)C1CCN(CCC2(C3COC(C)OC3)CCCCC2)CC1. The van der Waals surface area contributed by atoms with Gasteiger partial charge in [-0.15, -0.1) is 0 Å². The zero-order chi connectivity index (χ0) is 25.5. The second-order valence-electron chi connectivity index (χ2n) is 11.0. The first-order chi connectivity index (χ1) is 17.4. The van der Waals surface area contributed by atoms with Crippen LogP contribution in [0.3, 0.4) is 0 Å². The first-order valence-corrected chi connectivity index (χ1v) is 13.8. The molecule has 1 N–H and O–H groups in total. The number of ether oxygens (including phenoxy) is 2. The van der Waals surface area contributed by atoms with Crippen LogP contribution in [0.5, 0.6) is 0 Å². The van der Waals surface area contributed by atoms with E-state index in [-0.39, 0.29) is 24.0 Å². The van der Waals surface area contributed by atoms with Crippen LogP contribution in [-0.4, -0.2) is 61.1 Å². The van der Waals surface area contributed by atoms with Gasteiger partial charge in [-0.1, -0.05) is 49.6 Å². The summed E-state index contributed by atoms with van der Waals surface area (Å²) in [5.41, 5.74) is 2.30. The number of amides is 1. The fourth-order valence-corrected chi connectivity index (χ4v) is 6.36. The minimum Gasteiger partial charge on any atom is -0.503 e. The van der Waals surface area contributed by atoms with Crippen LogP contribution in [-0.2, 0) is 14.3 Å². The van der Waals surface area contributed by atoms with Gasteiger partial charge in [-0.3, -0.25) is 4.79 Å². The van der Waals surface area contributed by atoms with E-state index >= 15 is 0 Å². The smallest absolute Gasteiger partial charge is 0.293 e. The third-order valence-electron chi connectivity index (χ3n) is 8.65. The van der Waals surface area contributed by atoms with E-state index in [1.165, 1.54) is 50.7 Å². The molecule has 36 heavy (non-hydrogen) atoms. The first kappa shape index (κ1) is 26.9. The van der Waals surface area contributed by atoms with Gasteiger partial charge in [0.1, 0.15) is 0 Å². The third-order valence-corrected chi connectivity index (χ3v) is 8.65. The Morgan fingerprint density at radius 3 is 2.39 bits per heavy atom. The minimum absolute atomic E-state index is 0.0575. The van der Waals surface area contributed by atoms with E-state index in [1.54, 1.807) is 4.90 Å². The molecule has 3 fully saturated rings. The van der Waals surface area contributed by atoms with Crippen molar-refractivity contribution in [2.24, 2.45) is 11.3 Å². The Bertz CT molecular complexity index is 890. The number of aliphatic hydroxyl groups excluding tert-OH is 1. The van der Waals surface area contributed by atoms with Gasteiger partial charge < -0.3 is 24.4 Å². The Kier molecular flexibility index (Phi) is 9.26. The number of allylic oxidation sites excluding steroid dienone is 2. The monoisotopic (exact) mass is 496 g/mol. The van der Waals surface area contributed by atoms with E-state index in [0.717, 1.165) is 56.9 Å². The van der Waals surface area contributed by atoms with Crippen LogP contribution in [0.4, 0.5) is 5.69 Å². The van der Waals surface area contributed by atoms with E-state index < -0.39 is 0 Å². The summed E-state index contributed by atoms with van der Waals surface area (Å²) >= 11 is 0. The second kappa shape index (κ2) is 12.4. The second-order valence-corrected chi connectivity index (χ2v) is 11.0. The Morgan fingerprint density at radius 1 is 1.14 bits per heavy atom. The number of anilines is 1. The Balaban J connectivity index is 1.39. The topological polar surface area (TPSA) is 62.2 Å². The molecule has 2 aliphatic heterocycles. The van der Waals surface area contributed by atoms with Crippen molar-refractivity contribution in [3.63, 3.8) is 0 Å². The maximum Gasteiger partial charge on any atom is 0.293 e.